The highest BCUT2D eigenvalue weighted by molar-refractivity contribution is 7.71. The number of nitrogens with one attached hydrogen (secondary N) is 2. The molecule has 2 aromatic heterocycles. The molecule has 4 rings (SSSR count). The summed E-state index contributed by atoms with van der Waals surface area (Å²) in [6.45, 7) is 2.21. The molecular formula is C20H17ClN6OS. The van der Waals surface area contributed by atoms with Crippen LogP contribution in [0.1, 0.15) is 17.0 Å². The molecule has 2 aromatic carbocycles. The molecule has 4 aromatic rings. The molecule has 0 unspecified atom stereocenters. The van der Waals surface area contributed by atoms with Crippen molar-refractivity contribution in [3.05, 3.63) is 81.5 Å². The molecule has 0 aliphatic carbocycles. The van der Waals surface area contributed by atoms with Gasteiger partial charge in [-0.3, -0.25) is 5.10 Å². The first-order chi connectivity index (χ1) is 14.1. The normalized spacial score (nSPS) is 11.2. The largest absolute Gasteiger partial charge is 0.485 e. The zero-order chi connectivity index (χ0) is 20.2. The Morgan fingerprint density at radius 2 is 1.97 bits per heavy atom. The van der Waals surface area contributed by atoms with E-state index in [2.05, 4.69) is 25.5 Å². The number of H-pyrrole nitrogens is 2. The van der Waals surface area contributed by atoms with Crippen LogP contribution in [0.3, 0.4) is 0 Å². The maximum absolute atomic E-state index is 5.97. The molecule has 0 aliphatic rings. The van der Waals surface area contributed by atoms with E-state index in [0.717, 1.165) is 28.1 Å². The van der Waals surface area contributed by atoms with Gasteiger partial charge in [0.2, 0.25) is 4.77 Å². The number of aromatic amines is 2. The Labute approximate surface area is 177 Å². The molecule has 2 N–H and O–H groups in total. The summed E-state index contributed by atoms with van der Waals surface area (Å²) < 4.78 is 7.77. The second-order valence-corrected chi connectivity index (χ2v) is 7.09. The molecule has 0 amide bonds. The van der Waals surface area contributed by atoms with Crippen molar-refractivity contribution < 1.29 is 4.74 Å². The Bertz CT molecular complexity index is 1210. The first kappa shape index (κ1) is 19.1. The number of ether oxygens (including phenoxy) is 1. The summed E-state index contributed by atoms with van der Waals surface area (Å²) in [7, 11) is 0. The lowest BCUT2D eigenvalue weighted by molar-refractivity contribution is 0.289. The fraction of sp³-hybridized carbons (Fsp3) is 0.100. The van der Waals surface area contributed by atoms with Crippen molar-refractivity contribution in [3.8, 4) is 17.0 Å². The smallest absolute Gasteiger partial charge is 0.216 e. The summed E-state index contributed by atoms with van der Waals surface area (Å²) in [6, 6.07) is 15.3. The van der Waals surface area contributed by atoms with Gasteiger partial charge in [0.15, 0.2) is 5.82 Å². The van der Waals surface area contributed by atoms with Gasteiger partial charge in [-0.25, -0.2) is 5.10 Å². The Kier molecular flexibility index (Phi) is 5.55. The molecule has 0 bridgehead atoms. The van der Waals surface area contributed by atoms with Gasteiger partial charge in [0.25, 0.3) is 0 Å². The van der Waals surface area contributed by atoms with Gasteiger partial charge in [-0.2, -0.15) is 20.0 Å². The third kappa shape index (κ3) is 4.28. The summed E-state index contributed by atoms with van der Waals surface area (Å²) in [5, 5.41) is 19.2. The van der Waals surface area contributed by atoms with Gasteiger partial charge in [-0.1, -0.05) is 41.9 Å². The fourth-order valence-electron chi connectivity index (χ4n) is 2.76. The highest BCUT2D eigenvalue weighted by Crippen LogP contribution is 2.22. The fourth-order valence-corrected chi connectivity index (χ4v) is 3.08. The van der Waals surface area contributed by atoms with Crippen LogP contribution in [0.5, 0.6) is 5.75 Å². The van der Waals surface area contributed by atoms with Crippen molar-refractivity contribution in [2.75, 3.05) is 0 Å². The number of benzene rings is 2. The number of para-hydroxylation sites is 1. The van der Waals surface area contributed by atoms with Crippen LogP contribution in [0, 0.1) is 11.7 Å². The molecule has 0 radical (unpaired) electrons. The maximum Gasteiger partial charge on any atom is 0.216 e. The van der Waals surface area contributed by atoms with E-state index in [0.29, 0.717) is 15.6 Å². The van der Waals surface area contributed by atoms with Crippen LogP contribution in [0.15, 0.2) is 59.8 Å². The monoisotopic (exact) mass is 424 g/mol. The summed E-state index contributed by atoms with van der Waals surface area (Å²) in [4.78, 5) is 0. The first-order valence-electron chi connectivity index (χ1n) is 8.80. The number of aryl methyl sites for hydroxylation is 1. The lowest BCUT2D eigenvalue weighted by Crippen LogP contribution is -2.05. The highest BCUT2D eigenvalue weighted by Gasteiger charge is 2.09. The number of halogens is 1. The Balaban J connectivity index is 1.57. The van der Waals surface area contributed by atoms with E-state index < -0.39 is 0 Å². The van der Waals surface area contributed by atoms with E-state index in [-0.39, 0.29) is 6.61 Å². The summed E-state index contributed by atoms with van der Waals surface area (Å²) in [6.07, 6.45) is 3.37. The molecular weight excluding hydrogens is 408 g/mol. The lowest BCUT2D eigenvalue weighted by Gasteiger charge is -2.07. The minimum absolute atomic E-state index is 0.227. The molecule has 29 heavy (non-hydrogen) atoms. The third-order valence-electron chi connectivity index (χ3n) is 4.28. The van der Waals surface area contributed by atoms with E-state index in [9.17, 15) is 0 Å². The summed E-state index contributed by atoms with van der Waals surface area (Å²) in [5.74, 6) is 1.35. The van der Waals surface area contributed by atoms with Gasteiger partial charge in [-0.05, 0) is 42.9 Å². The molecule has 0 spiro atoms. The zero-order valence-electron chi connectivity index (χ0n) is 15.5. The lowest BCUT2D eigenvalue weighted by atomic mass is 10.1. The van der Waals surface area contributed by atoms with Crippen LogP contribution in [0.2, 0.25) is 5.02 Å². The van der Waals surface area contributed by atoms with Crippen LogP contribution < -0.4 is 4.74 Å². The standard InChI is InChI=1S/C20H17ClN6OS/c1-13-4-2-3-5-17(13)28-12-18-24-26-20(29)27(18)23-11-15-10-22-25-19(15)14-6-8-16(21)9-7-14/h2-11H,12H2,1H3,(H,22,25)(H,26,29)/b23-11+. The molecule has 0 fully saturated rings. The van der Waals surface area contributed by atoms with Gasteiger partial charge in [-0.15, -0.1) is 0 Å². The average molecular weight is 425 g/mol. The minimum atomic E-state index is 0.227. The van der Waals surface area contributed by atoms with Crippen LogP contribution in [0.25, 0.3) is 11.3 Å². The van der Waals surface area contributed by atoms with E-state index in [4.69, 9.17) is 28.6 Å². The number of rotatable bonds is 6. The molecule has 0 saturated heterocycles. The van der Waals surface area contributed by atoms with E-state index in [1.165, 1.54) is 4.68 Å². The topological polar surface area (TPSA) is 83.9 Å². The van der Waals surface area contributed by atoms with Crippen LogP contribution in [-0.2, 0) is 6.61 Å². The minimum Gasteiger partial charge on any atom is -0.485 e. The predicted octanol–water partition coefficient (Wildman–Crippen LogP) is 4.75. The zero-order valence-corrected chi connectivity index (χ0v) is 17.0. The number of nitrogens with zero attached hydrogens (tertiary/aromatic N) is 4. The second-order valence-electron chi connectivity index (χ2n) is 6.26. The van der Waals surface area contributed by atoms with E-state index in [1.54, 1.807) is 12.4 Å². The van der Waals surface area contributed by atoms with Gasteiger partial charge in [0, 0.05) is 16.1 Å². The molecule has 146 valence electrons. The first-order valence-corrected chi connectivity index (χ1v) is 9.59. The molecule has 7 nitrogen and oxygen atoms in total. The third-order valence-corrected chi connectivity index (χ3v) is 4.80. The molecule has 9 heteroatoms. The number of aromatic nitrogens is 5. The van der Waals surface area contributed by atoms with Gasteiger partial charge in [0.05, 0.1) is 18.1 Å². The average Bonchev–Trinajstić information content (AvgIpc) is 3.33. The van der Waals surface area contributed by atoms with Crippen molar-refractivity contribution in [2.24, 2.45) is 5.10 Å². The molecule has 2 heterocycles. The predicted molar refractivity (Wildman–Crippen MR) is 115 cm³/mol. The van der Waals surface area contributed by atoms with Gasteiger partial charge >= 0.3 is 0 Å². The highest BCUT2D eigenvalue weighted by atomic mass is 35.5. The SMILES string of the molecule is Cc1ccccc1OCc1n[nH]c(=S)n1/N=C/c1cn[nH]c1-c1ccc(Cl)cc1. The van der Waals surface area contributed by atoms with Crippen LogP contribution in [0.4, 0.5) is 0 Å². The van der Waals surface area contributed by atoms with Crippen LogP contribution >= 0.6 is 23.8 Å². The van der Waals surface area contributed by atoms with Crippen LogP contribution in [-0.4, -0.2) is 31.3 Å². The summed E-state index contributed by atoms with van der Waals surface area (Å²) >= 11 is 11.3. The molecule has 0 atom stereocenters. The Hall–Kier alpha value is -3.23. The molecule has 0 saturated carbocycles. The summed E-state index contributed by atoms with van der Waals surface area (Å²) in [5.41, 5.74) is 3.63. The number of hydrogen-bond donors (Lipinski definition) is 2. The van der Waals surface area contributed by atoms with E-state index in [1.807, 2.05) is 55.5 Å². The Morgan fingerprint density at radius 1 is 1.17 bits per heavy atom. The van der Waals surface area contributed by atoms with Gasteiger partial charge in [0.1, 0.15) is 12.4 Å². The Morgan fingerprint density at radius 3 is 2.76 bits per heavy atom. The van der Waals surface area contributed by atoms with Crippen molar-refractivity contribution >= 4 is 30.0 Å². The van der Waals surface area contributed by atoms with Crippen molar-refractivity contribution in [1.82, 2.24) is 25.1 Å². The van der Waals surface area contributed by atoms with E-state index >= 15 is 0 Å². The van der Waals surface area contributed by atoms with Gasteiger partial charge < -0.3 is 4.74 Å². The van der Waals surface area contributed by atoms with Crippen molar-refractivity contribution in [2.45, 2.75) is 13.5 Å². The quantitative estimate of drug-likeness (QED) is 0.345. The van der Waals surface area contributed by atoms with Crippen molar-refractivity contribution in [1.29, 1.82) is 0 Å². The maximum atomic E-state index is 5.97. The van der Waals surface area contributed by atoms with Crippen molar-refractivity contribution in [3.63, 3.8) is 0 Å². The number of hydrogen-bond acceptors (Lipinski definition) is 5. The second kappa shape index (κ2) is 8.42. The molecule has 0 aliphatic heterocycles.